The predicted octanol–water partition coefficient (Wildman–Crippen LogP) is 2.59. The van der Waals surface area contributed by atoms with Gasteiger partial charge < -0.3 is 22.1 Å². The molecule has 0 spiro atoms. The molecule has 3 rings (SSSR count). The third-order valence-corrected chi connectivity index (χ3v) is 5.78. The minimum Gasteiger partial charge on any atom is -0.351 e. The SMILES string of the molecule is CC(C)[C@H](N)C(=O)NCc1cccc2cc3cccc(CNC(=O)[C@@H](N)C(C)C)c3nc12. The van der Waals surface area contributed by atoms with Gasteiger partial charge in [-0.3, -0.25) is 9.59 Å². The minimum atomic E-state index is -0.550. The number of hydrogen-bond acceptors (Lipinski definition) is 5. The predicted molar refractivity (Wildman–Crippen MR) is 129 cm³/mol. The summed E-state index contributed by atoms with van der Waals surface area (Å²) in [6.45, 7) is 8.37. The van der Waals surface area contributed by atoms with E-state index < -0.39 is 12.1 Å². The fourth-order valence-corrected chi connectivity index (χ4v) is 3.50. The summed E-state index contributed by atoms with van der Waals surface area (Å²) in [4.78, 5) is 29.5. The maximum Gasteiger partial charge on any atom is 0.237 e. The van der Waals surface area contributed by atoms with Crippen LogP contribution in [0.2, 0.25) is 0 Å². The molecule has 32 heavy (non-hydrogen) atoms. The van der Waals surface area contributed by atoms with Crippen LogP contribution in [0.1, 0.15) is 38.8 Å². The Kier molecular flexibility index (Phi) is 7.43. The van der Waals surface area contributed by atoms with Crippen molar-refractivity contribution in [1.29, 1.82) is 0 Å². The first-order chi connectivity index (χ1) is 15.2. The Hall–Kier alpha value is -3.03. The first-order valence-electron chi connectivity index (χ1n) is 11.1. The maximum absolute atomic E-state index is 12.3. The molecule has 1 aromatic heterocycles. The zero-order valence-corrected chi connectivity index (χ0v) is 19.2. The second kappa shape index (κ2) is 10.1. The molecule has 0 fully saturated rings. The van der Waals surface area contributed by atoms with E-state index in [4.69, 9.17) is 16.5 Å². The van der Waals surface area contributed by atoms with E-state index in [1.807, 2.05) is 64.1 Å². The molecule has 0 aliphatic carbocycles. The van der Waals surface area contributed by atoms with Crippen molar-refractivity contribution in [3.8, 4) is 0 Å². The lowest BCUT2D eigenvalue weighted by Crippen LogP contribution is -2.43. The number of rotatable bonds is 8. The van der Waals surface area contributed by atoms with E-state index in [0.717, 1.165) is 32.9 Å². The Balaban J connectivity index is 1.90. The number of nitrogens with one attached hydrogen (secondary N) is 2. The summed E-state index contributed by atoms with van der Waals surface area (Å²) in [6.07, 6.45) is 0. The summed E-state index contributed by atoms with van der Waals surface area (Å²) >= 11 is 0. The lowest BCUT2D eigenvalue weighted by atomic mass is 10.0. The van der Waals surface area contributed by atoms with Crippen LogP contribution in [0, 0.1) is 11.8 Å². The summed E-state index contributed by atoms with van der Waals surface area (Å²) in [5, 5.41) is 7.82. The molecule has 0 radical (unpaired) electrons. The average Bonchev–Trinajstić information content (AvgIpc) is 2.78. The van der Waals surface area contributed by atoms with Crippen molar-refractivity contribution in [1.82, 2.24) is 15.6 Å². The first-order valence-corrected chi connectivity index (χ1v) is 11.1. The molecule has 2 amide bonds. The van der Waals surface area contributed by atoms with Crippen molar-refractivity contribution in [2.75, 3.05) is 0 Å². The highest BCUT2D eigenvalue weighted by atomic mass is 16.2. The van der Waals surface area contributed by atoms with Crippen molar-refractivity contribution in [3.05, 3.63) is 53.6 Å². The Labute approximate surface area is 188 Å². The van der Waals surface area contributed by atoms with Crippen molar-refractivity contribution in [2.24, 2.45) is 23.3 Å². The van der Waals surface area contributed by atoms with Gasteiger partial charge in [0.1, 0.15) is 0 Å². The van der Waals surface area contributed by atoms with Gasteiger partial charge in [-0.05, 0) is 29.0 Å². The Morgan fingerprint density at radius 1 is 0.781 bits per heavy atom. The van der Waals surface area contributed by atoms with E-state index in [2.05, 4.69) is 16.7 Å². The Morgan fingerprint density at radius 2 is 1.19 bits per heavy atom. The third kappa shape index (κ3) is 5.23. The van der Waals surface area contributed by atoms with Gasteiger partial charge in [0.05, 0.1) is 23.1 Å². The van der Waals surface area contributed by atoms with Crippen LogP contribution in [0.4, 0.5) is 0 Å². The molecule has 7 nitrogen and oxygen atoms in total. The number of aromatic nitrogens is 1. The van der Waals surface area contributed by atoms with Crippen LogP contribution in [0.3, 0.4) is 0 Å². The monoisotopic (exact) mass is 435 g/mol. The molecule has 0 aliphatic rings. The molecule has 0 saturated heterocycles. The van der Waals surface area contributed by atoms with Gasteiger partial charge in [-0.1, -0.05) is 64.1 Å². The van der Waals surface area contributed by atoms with Gasteiger partial charge in [0.2, 0.25) is 11.8 Å². The first kappa shape index (κ1) is 23.6. The molecule has 6 N–H and O–H groups in total. The molecule has 0 aliphatic heterocycles. The van der Waals surface area contributed by atoms with Crippen molar-refractivity contribution in [2.45, 2.75) is 52.9 Å². The molecular weight excluding hydrogens is 402 g/mol. The third-order valence-electron chi connectivity index (χ3n) is 5.78. The van der Waals surface area contributed by atoms with Crippen molar-refractivity contribution < 1.29 is 9.59 Å². The van der Waals surface area contributed by atoms with Gasteiger partial charge in [0, 0.05) is 23.9 Å². The van der Waals surface area contributed by atoms with Crippen molar-refractivity contribution in [3.63, 3.8) is 0 Å². The molecule has 2 aromatic carbocycles. The van der Waals surface area contributed by atoms with Crippen LogP contribution < -0.4 is 22.1 Å². The van der Waals surface area contributed by atoms with Gasteiger partial charge in [0.25, 0.3) is 0 Å². The topological polar surface area (TPSA) is 123 Å². The number of pyridine rings is 1. The lowest BCUT2D eigenvalue weighted by Gasteiger charge is -2.17. The van der Waals surface area contributed by atoms with Crippen molar-refractivity contribution >= 4 is 33.6 Å². The largest absolute Gasteiger partial charge is 0.351 e. The summed E-state index contributed by atoms with van der Waals surface area (Å²) in [7, 11) is 0. The highest BCUT2D eigenvalue weighted by Crippen LogP contribution is 2.25. The van der Waals surface area contributed by atoms with E-state index >= 15 is 0 Å². The van der Waals surface area contributed by atoms with Crippen LogP contribution in [-0.4, -0.2) is 28.9 Å². The van der Waals surface area contributed by atoms with Crippen LogP contribution in [0.25, 0.3) is 21.8 Å². The van der Waals surface area contributed by atoms with Crippen LogP contribution in [-0.2, 0) is 22.7 Å². The van der Waals surface area contributed by atoms with E-state index in [1.165, 1.54) is 0 Å². The Bertz CT molecular complexity index is 1040. The number of hydrogen-bond donors (Lipinski definition) is 4. The molecule has 7 heteroatoms. The van der Waals surface area contributed by atoms with Gasteiger partial charge in [-0.25, -0.2) is 4.98 Å². The normalized spacial score (nSPS) is 13.5. The number of carbonyl (C=O) groups is 2. The highest BCUT2D eigenvalue weighted by Gasteiger charge is 2.18. The fourth-order valence-electron chi connectivity index (χ4n) is 3.50. The summed E-state index contributed by atoms with van der Waals surface area (Å²) in [5.41, 5.74) is 15.4. The smallest absolute Gasteiger partial charge is 0.237 e. The minimum absolute atomic E-state index is 0.0613. The molecule has 1 heterocycles. The quantitative estimate of drug-likeness (QED) is 0.405. The van der Waals surface area contributed by atoms with Gasteiger partial charge >= 0.3 is 0 Å². The zero-order valence-electron chi connectivity index (χ0n) is 19.2. The van der Waals surface area contributed by atoms with Gasteiger partial charge in [-0.2, -0.15) is 0 Å². The van der Waals surface area contributed by atoms with Crippen LogP contribution in [0.15, 0.2) is 42.5 Å². The summed E-state index contributed by atoms with van der Waals surface area (Å²) in [6, 6.07) is 12.8. The highest BCUT2D eigenvalue weighted by molar-refractivity contribution is 5.95. The maximum atomic E-state index is 12.3. The number of nitrogens with zero attached hydrogens (tertiary/aromatic N) is 1. The zero-order chi connectivity index (χ0) is 23.4. The average molecular weight is 436 g/mol. The number of carbonyl (C=O) groups excluding carboxylic acids is 2. The summed E-state index contributed by atoms with van der Waals surface area (Å²) < 4.78 is 0. The van der Waals surface area contributed by atoms with Crippen LogP contribution >= 0.6 is 0 Å². The molecule has 3 aromatic rings. The van der Waals surface area contributed by atoms with Gasteiger partial charge in [0.15, 0.2) is 0 Å². The second-order valence-corrected chi connectivity index (χ2v) is 8.94. The Morgan fingerprint density at radius 3 is 1.56 bits per heavy atom. The van der Waals surface area contributed by atoms with E-state index in [9.17, 15) is 9.59 Å². The lowest BCUT2D eigenvalue weighted by molar-refractivity contribution is -0.124. The molecule has 2 atom stereocenters. The van der Waals surface area contributed by atoms with Gasteiger partial charge in [-0.15, -0.1) is 0 Å². The molecule has 170 valence electrons. The molecule has 0 bridgehead atoms. The second-order valence-electron chi connectivity index (χ2n) is 8.94. The fraction of sp³-hybridized carbons (Fsp3) is 0.400. The molecule has 0 unspecified atom stereocenters. The number of benzene rings is 2. The molecule has 0 saturated carbocycles. The van der Waals surface area contributed by atoms with E-state index in [1.54, 1.807) is 0 Å². The summed E-state index contributed by atoms with van der Waals surface area (Å²) in [5.74, 6) is -0.234. The van der Waals surface area contributed by atoms with Crippen LogP contribution in [0.5, 0.6) is 0 Å². The molecular formula is C25H33N5O2. The number of nitrogens with two attached hydrogens (primary N) is 2. The van der Waals surface area contributed by atoms with E-state index in [0.29, 0.717) is 13.1 Å². The standard InChI is InChI=1S/C25H33N5O2/c1-14(2)20(26)24(31)28-12-18-9-5-7-16-11-17-8-6-10-19(23(17)30-22(16)18)13-29-25(32)21(27)15(3)4/h5-11,14-15,20-21H,12-13,26-27H2,1-4H3,(H,28,31)(H,29,32)/t20-,21-/m0/s1. The number of fused-ring (bicyclic) bond motifs is 2. The number of para-hydroxylation sites is 2. The van der Waals surface area contributed by atoms with E-state index in [-0.39, 0.29) is 23.7 Å². The number of amides is 2.